The van der Waals surface area contributed by atoms with Crippen molar-refractivity contribution >= 4 is 41.3 Å². The molecule has 0 aliphatic carbocycles. The summed E-state index contributed by atoms with van der Waals surface area (Å²) >= 11 is 1.21. The van der Waals surface area contributed by atoms with Crippen molar-refractivity contribution in [2.45, 2.75) is 42.7 Å². The van der Waals surface area contributed by atoms with Crippen LogP contribution in [0.2, 0.25) is 0 Å². The van der Waals surface area contributed by atoms with Gasteiger partial charge in [-0.1, -0.05) is 0 Å². The minimum Gasteiger partial charge on any atom is -0.459 e. The highest BCUT2D eigenvalue weighted by molar-refractivity contribution is 8.01. The third-order valence-electron chi connectivity index (χ3n) is 4.89. The molecule has 166 valence electrons. The van der Waals surface area contributed by atoms with Crippen LogP contribution in [0, 0.1) is 10.1 Å². The number of nitro groups is 1. The molecule has 12 nitrogen and oxygen atoms in total. The Balaban J connectivity index is 1.70. The van der Waals surface area contributed by atoms with Crippen molar-refractivity contribution in [1.82, 2.24) is 10.2 Å². The molecule has 31 heavy (non-hydrogen) atoms. The highest BCUT2D eigenvalue weighted by Gasteiger charge is 2.65. The topological polar surface area (TPSA) is 171 Å². The van der Waals surface area contributed by atoms with E-state index in [0.29, 0.717) is 5.56 Å². The number of nitrogens with zero attached hydrogens (tertiary/aromatic N) is 2. The number of thioether (sulfide) groups is 1. The number of benzene rings is 1. The summed E-state index contributed by atoms with van der Waals surface area (Å²) in [5.74, 6) is -1.76. The molecule has 3 rings (SSSR count). The van der Waals surface area contributed by atoms with E-state index >= 15 is 0 Å². The summed E-state index contributed by atoms with van der Waals surface area (Å²) in [6.07, 6.45) is -0.975. The van der Waals surface area contributed by atoms with Crippen LogP contribution in [-0.2, 0) is 30.5 Å². The molecule has 13 heteroatoms. The van der Waals surface area contributed by atoms with Crippen molar-refractivity contribution in [2.24, 2.45) is 5.73 Å². The van der Waals surface area contributed by atoms with E-state index in [1.165, 1.54) is 40.9 Å². The van der Waals surface area contributed by atoms with Gasteiger partial charge in [0.25, 0.3) is 5.69 Å². The molecule has 0 saturated carbocycles. The second kappa shape index (κ2) is 8.51. The Morgan fingerprint density at radius 2 is 1.94 bits per heavy atom. The van der Waals surface area contributed by atoms with Gasteiger partial charge in [0, 0.05) is 19.1 Å². The van der Waals surface area contributed by atoms with E-state index in [-0.39, 0.29) is 18.9 Å². The lowest BCUT2D eigenvalue weighted by molar-refractivity contribution is -0.384. The fraction of sp³-hybridized carbons (Fsp3) is 0.444. The molecule has 4 atom stereocenters. The zero-order chi connectivity index (χ0) is 22.9. The van der Waals surface area contributed by atoms with Gasteiger partial charge in [0.2, 0.25) is 11.8 Å². The third-order valence-corrected chi connectivity index (χ3v) is 6.53. The molecule has 3 amide bonds. The van der Waals surface area contributed by atoms with Gasteiger partial charge >= 0.3 is 12.1 Å². The molecular weight excluding hydrogens is 432 g/mol. The van der Waals surface area contributed by atoms with Crippen molar-refractivity contribution in [2.75, 3.05) is 6.61 Å². The SMILES string of the molecule is CC(=O)NC(=O)OCC1(C)S[C@@H]2C(N)C(=O)N2C1C(=O)OCc1ccc([N+](=O)[O-])cc1. The number of nitro benzene ring substituents is 1. The lowest BCUT2D eigenvalue weighted by Crippen LogP contribution is -2.69. The van der Waals surface area contributed by atoms with Crippen molar-refractivity contribution < 1.29 is 33.6 Å². The quantitative estimate of drug-likeness (QED) is 0.264. The number of hydrogen-bond donors (Lipinski definition) is 2. The molecule has 0 aromatic heterocycles. The maximum absolute atomic E-state index is 12.9. The predicted molar refractivity (Wildman–Crippen MR) is 106 cm³/mol. The Morgan fingerprint density at radius 1 is 1.29 bits per heavy atom. The van der Waals surface area contributed by atoms with Crippen LogP contribution in [0.4, 0.5) is 10.5 Å². The third kappa shape index (κ3) is 4.46. The first kappa shape index (κ1) is 22.5. The smallest absolute Gasteiger partial charge is 0.413 e. The lowest BCUT2D eigenvalue weighted by Gasteiger charge is -2.42. The minimum absolute atomic E-state index is 0.0983. The standard InChI is InChI=1S/C18H20N4O8S/c1-9(23)20-17(26)30-8-18(2)13(21-14(24)12(19)15(21)31-18)16(25)29-7-10-3-5-11(6-4-10)22(27)28/h3-6,12-13,15H,7-8,19H2,1-2H3,(H,20,23,26)/t12?,13?,15-,18?/m1/s1. The molecule has 0 spiro atoms. The van der Waals surface area contributed by atoms with E-state index in [0.717, 1.165) is 6.92 Å². The van der Waals surface area contributed by atoms with Gasteiger partial charge in [0.1, 0.15) is 30.7 Å². The zero-order valence-corrected chi connectivity index (χ0v) is 17.4. The molecule has 3 N–H and O–H groups in total. The van der Waals surface area contributed by atoms with E-state index in [1.54, 1.807) is 6.92 Å². The van der Waals surface area contributed by atoms with E-state index in [9.17, 15) is 29.3 Å². The van der Waals surface area contributed by atoms with E-state index in [2.05, 4.69) is 0 Å². The molecule has 2 aliphatic rings. The first-order valence-corrected chi connectivity index (χ1v) is 10.0. The molecule has 0 bridgehead atoms. The molecule has 1 aromatic carbocycles. The summed E-state index contributed by atoms with van der Waals surface area (Å²) in [4.78, 5) is 59.3. The van der Waals surface area contributed by atoms with Gasteiger partial charge < -0.3 is 20.1 Å². The Bertz CT molecular complexity index is 939. The van der Waals surface area contributed by atoms with Crippen LogP contribution in [0.25, 0.3) is 0 Å². The highest BCUT2D eigenvalue weighted by atomic mass is 32.2. The van der Waals surface area contributed by atoms with E-state index in [4.69, 9.17) is 15.2 Å². The van der Waals surface area contributed by atoms with Gasteiger partial charge in [-0.25, -0.2) is 9.59 Å². The van der Waals surface area contributed by atoms with Crippen LogP contribution in [0.3, 0.4) is 0 Å². The highest BCUT2D eigenvalue weighted by Crippen LogP contribution is 2.51. The summed E-state index contributed by atoms with van der Waals surface area (Å²) in [5.41, 5.74) is 6.25. The summed E-state index contributed by atoms with van der Waals surface area (Å²) in [6, 6.07) is 3.62. The Labute approximate surface area is 180 Å². The van der Waals surface area contributed by atoms with Crippen molar-refractivity contribution in [3.63, 3.8) is 0 Å². The van der Waals surface area contributed by atoms with E-state index < -0.39 is 51.0 Å². The number of hydrogen-bond acceptors (Lipinski definition) is 10. The molecule has 1 aromatic rings. The van der Waals surface area contributed by atoms with Crippen LogP contribution in [0.1, 0.15) is 19.4 Å². The molecule has 3 unspecified atom stereocenters. The Kier molecular flexibility index (Phi) is 6.18. The number of β-lactam (4-membered cyclic amide) rings is 1. The number of non-ortho nitro benzene ring substituents is 1. The van der Waals surface area contributed by atoms with Gasteiger partial charge in [-0.2, -0.15) is 0 Å². The van der Waals surface area contributed by atoms with Gasteiger partial charge in [-0.15, -0.1) is 11.8 Å². The number of nitrogens with two attached hydrogens (primary N) is 1. The van der Waals surface area contributed by atoms with Crippen LogP contribution in [0.5, 0.6) is 0 Å². The number of ether oxygens (including phenoxy) is 2. The van der Waals surface area contributed by atoms with Crippen LogP contribution >= 0.6 is 11.8 Å². The normalized spacial score (nSPS) is 26.5. The van der Waals surface area contributed by atoms with Crippen molar-refractivity contribution in [3.8, 4) is 0 Å². The largest absolute Gasteiger partial charge is 0.459 e. The fourth-order valence-electron chi connectivity index (χ4n) is 3.36. The molecule has 0 radical (unpaired) electrons. The summed E-state index contributed by atoms with van der Waals surface area (Å²) in [6.45, 7) is 2.34. The average Bonchev–Trinajstić information content (AvgIpc) is 3.00. The number of esters is 1. The maximum Gasteiger partial charge on any atom is 0.413 e. The van der Waals surface area contributed by atoms with Gasteiger partial charge in [0.05, 0.1) is 9.67 Å². The number of imide groups is 1. The average molecular weight is 452 g/mol. The van der Waals surface area contributed by atoms with Crippen LogP contribution in [-0.4, -0.2) is 62.5 Å². The number of carbonyl (C=O) groups excluding carboxylic acids is 4. The Hall–Kier alpha value is -3.19. The second-order valence-electron chi connectivity index (χ2n) is 7.28. The van der Waals surface area contributed by atoms with Gasteiger partial charge in [0.15, 0.2) is 0 Å². The minimum atomic E-state index is -1.07. The number of amides is 3. The summed E-state index contributed by atoms with van der Waals surface area (Å²) < 4.78 is 9.36. The number of fused-ring (bicyclic) bond motifs is 1. The Morgan fingerprint density at radius 3 is 2.52 bits per heavy atom. The first-order chi connectivity index (χ1) is 14.5. The summed E-state index contributed by atoms with van der Waals surface area (Å²) in [5, 5.41) is 12.2. The lowest BCUT2D eigenvalue weighted by atomic mass is 9.95. The number of nitrogens with one attached hydrogen (secondary N) is 1. The monoisotopic (exact) mass is 452 g/mol. The fourth-order valence-corrected chi connectivity index (χ4v) is 4.98. The maximum atomic E-state index is 12.9. The molecule has 2 fully saturated rings. The summed E-state index contributed by atoms with van der Waals surface area (Å²) in [7, 11) is 0. The van der Waals surface area contributed by atoms with E-state index in [1.807, 2.05) is 5.32 Å². The number of rotatable bonds is 6. The molecule has 2 aliphatic heterocycles. The van der Waals surface area contributed by atoms with Gasteiger partial charge in [-0.05, 0) is 24.6 Å². The van der Waals surface area contributed by atoms with Crippen LogP contribution in [0.15, 0.2) is 24.3 Å². The second-order valence-corrected chi connectivity index (χ2v) is 8.93. The predicted octanol–water partition coefficient (Wildman–Crippen LogP) is 0.280. The van der Waals surface area contributed by atoms with Gasteiger partial charge in [-0.3, -0.25) is 25.0 Å². The molecule has 2 heterocycles. The van der Waals surface area contributed by atoms with Crippen molar-refractivity contribution in [3.05, 3.63) is 39.9 Å². The van der Waals surface area contributed by atoms with Crippen molar-refractivity contribution in [1.29, 1.82) is 0 Å². The molecule has 2 saturated heterocycles. The number of alkyl carbamates (subject to hydrolysis) is 1. The first-order valence-electron chi connectivity index (χ1n) is 9.13. The molecular formula is C18H20N4O8S. The number of carbonyl (C=O) groups is 4. The van der Waals surface area contributed by atoms with Crippen LogP contribution < -0.4 is 11.1 Å². The zero-order valence-electron chi connectivity index (χ0n) is 16.6.